The fourth-order valence-electron chi connectivity index (χ4n) is 2.07. The van der Waals surface area contributed by atoms with Gasteiger partial charge in [0, 0.05) is 24.1 Å². The van der Waals surface area contributed by atoms with Gasteiger partial charge in [-0.2, -0.15) is 0 Å². The fraction of sp³-hybridized carbons (Fsp3) is 0.462. The molecule has 0 amide bonds. The number of carboxylic acid groups (broad SMARTS) is 1. The fourth-order valence-corrected chi connectivity index (χ4v) is 2.48. The van der Waals surface area contributed by atoms with Gasteiger partial charge in [0.15, 0.2) is 0 Å². The highest BCUT2D eigenvalue weighted by Gasteiger charge is 2.22. The van der Waals surface area contributed by atoms with Crippen molar-refractivity contribution in [3.63, 3.8) is 0 Å². The molecule has 6 heteroatoms. The molecule has 0 aliphatic carbocycles. The second-order valence-corrected chi connectivity index (χ2v) is 5.27. The minimum Gasteiger partial charge on any atom is -0.481 e. The number of carbonyl (C=O) groups is 1. The zero-order valence-corrected chi connectivity index (χ0v) is 12.8. The first-order chi connectivity index (χ1) is 8.65. The summed E-state index contributed by atoms with van der Waals surface area (Å²) in [5.41, 5.74) is 1.13. The maximum atomic E-state index is 10.6. The summed E-state index contributed by atoms with van der Waals surface area (Å²) in [6.07, 6.45) is 0.218. The van der Waals surface area contributed by atoms with Gasteiger partial charge >= 0.3 is 5.97 Å². The van der Waals surface area contributed by atoms with Gasteiger partial charge in [0.25, 0.3) is 0 Å². The van der Waals surface area contributed by atoms with Crippen molar-refractivity contribution in [1.29, 1.82) is 0 Å². The van der Waals surface area contributed by atoms with Crippen LogP contribution in [-0.2, 0) is 9.53 Å². The van der Waals surface area contributed by atoms with Crippen LogP contribution >= 0.6 is 28.3 Å². The molecule has 1 N–H and O–H groups in total. The van der Waals surface area contributed by atoms with Gasteiger partial charge in [0.05, 0.1) is 19.1 Å². The summed E-state index contributed by atoms with van der Waals surface area (Å²) in [5.74, 6) is -0.750. The van der Waals surface area contributed by atoms with Gasteiger partial charge in [0.2, 0.25) is 0 Å². The molecule has 1 aliphatic heterocycles. The summed E-state index contributed by atoms with van der Waals surface area (Å²) in [5, 5.41) is 8.70. The summed E-state index contributed by atoms with van der Waals surface area (Å²) >= 11 is 3.45. The molecule has 2 rings (SSSR count). The monoisotopic (exact) mass is 349 g/mol. The maximum absolute atomic E-state index is 10.6. The average molecular weight is 351 g/mol. The third-order valence-electron chi connectivity index (χ3n) is 3.01. The number of nitrogens with zero attached hydrogens (tertiary/aromatic N) is 1. The highest BCUT2D eigenvalue weighted by atomic mass is 79.9. The Morgan fingerprint density at radius 1 is 1.53 bits per heavy atom. The lowest BCUT2D eigenvalue weighted by Gasteiger charge is -2.32. The number of rotatable bonds is 4. The molecule has 0 aromatic heterocycles. The van der Waals surface area contributed by atoms with Crippen molar-refractivity contribution in [2.75, 3.05) is 26.2 Å². The normalized spacial score (nSPS) is 19.7. The smallest absolute Gasteiger partial charge is 0.304 e. The quantitative estimate of drug-likeness (QED) is 0.907. The number of hydrogen-bond acceptors (Lipinski definition) is 3. The standard InChI is InChI=1S/C13H16BrNO3.ClH/c14-11-3-1-2-10(8-11)12-9-15(6-7-18-12)5-4-13(16)17;/h1-3,8,12H,4-7,9H2,(H,16,17);1H. The molecule has 106 valence electrons. The van der Waals surface area contributed by atoms with Crippen LogP contribution in [0, 0.1) is 0 Å². The molecular weight excluding hydrogens is 334 g/mol. The third kappa shape index (κ3) is 5.10. The first kappa shape index (κ1) is 16.4. The van der Waals surface area contributed by atoms with E-state index in [1.54, 1.807) is 0 Å². The Balaban J connectivity index is 0.00000180. The van der Waals surface area contributed by atoms with Crippen molar-refractivity contribution in [1.82, 2.24) is 4.90 Å². The zero-order valence-electron chi connectivity index (χ0n) is 10.4. The lowest BCUT2D eigenvalue weighted by Crippen LogP contribution is -2.39. The second-order valence-electron chi connectivity index (χ2n) is 4.36. The molecule has 19 heavy (non-hydrogen) atoms. The number of aliphatic carboxylic acids is 1. The Morgan fingerprint density at radius 2 is 2.32 bits per heavy atom. The van der Waals surface area contributed by atoms with Crippen molar-refractivity contribution in [3.05, 3.63) is 34.3 Å². The van der Waals surface area contributed by atoms with Crippen molar-refractivity contribution < 1.29 is 14.6 Å². The Hall–Kier alpha value is -0.620. The van der Waals surface area contributed by atoms with E-state index < -0.39 is 5.97 Å². The van der Waals surface area contributed by atoms with Crippen LogP contribution in [0.25, 0.3) is 0 Å². The molecule has 1 atom stereocenters. The summed E-state index contributed by atoms with van der Waals surface area (Å²) in [4.78, 5) is 12.7. The molecule has 1 unspecified atom stereocenters. The molecular formula is C13H17BrClNO3. The SMILES string of the molecule is Cl.O=C(O)CCN1CCOC(c2cccc(Br)c2)C1. The van der Waals surface area contributed by atoms with Crippen molar-refractivity contribution in [2.24, 2.45) is 0 Å². The predicted molar refractivity (Wildman–Crippen MR) is 78.8 cm³/mol. The Morgan fingerprint density at radius 3 is 3.00 bits per heavy atom. The van der Waals surface area contributed by atoms with E-state index >= 15 is 0 Å². The van der Waals surface area contributed by atoms with Crippen LogP contribution in [0.4, 0.5) is 0 Å². The third-order valence-corrected chi connectivity index (χ3v) is 3.51. The Kier molecular flexibility index (Phi) is 6.79. The van der Waals surface area contributed by atoms with E-state index in [1.807, 2.05) is 24.3 Å². The van der Waals surface area contributed by atoms with Crippen molar-refractivity contribution in [2.45, 2.75) is 12.5 Å². The van der Waals surface area contributed by atoms with E-state index in [-0.39, 0.29) is 24.9 Å². The van der Waals surface area contributed by atoms with Gasteiger partial charge in [-0.3, -0.25) is 9.69 Å². The molecule has 1 aromatic rings. The number of carboxylic acids is 1. The minimum absolute atomic E-state index is 0. The lowest BCUT2D eigenvalue weighted by molar-refractivity contribution is -0.137. The number of morpholine rings is 1. The van der Waals surface area contributed by atoms with Gasteiger partial charge in [-0.05, 0) is 17.7 Å². The van der Waals surface area contributed by atoms with E-state index in [4.69, 9.17) is 9.84 Å². The van der Waals surface area contributed by atoms with Gasteiger partial charge in [-0.25, -0.2) is 0 Å². The van der Waals surface area contributed by atoms with E-state index in [0.29, 0.717) is 13.2 Å². The molecule has 1 saturated heterocycles. The van der Waals surface area contributed by atoms with Gasteiger partial charge < -0.3 is 9.84 Å². The number of ether oxygens (including phenoxy) is 1. The summed E-state index contributed by atoms with van der Waals surface area (Å²) in [7, 11) is 0. The molecule has 1 heterocycles. The Bertz CT molecular complexity index is 430. The van der Waals surface area contributed by atoms with Crippen LogP contribution in [0.2, 0.25) is 0 Å². The molecule has 4 nitrogen and oxygen atoms in total. The van der Waals surface area contributed by atoms with Crippen LogP contribution < -0.4 is 0 Å². The van der Waals surface area contributed by atoms with Crippen molar-refractivity contribution >= 4 is 34.3 Å². The van der Waals surface area contributed by atoms with Crippen LogP contribution in [0.15, 0.2) is 28.7 Å². The van der Waals surface area contributed by atoms with E-state index in [1.165, 1.54) is 0 Å². The number of benzene rings is 1. The maximum Gasteiger partial charge on any atom is 0.304 e. The van der Waals surface area contributed by atoms with Gasteiger partial charge in [-0.1, -0.05) is 28.1 Å². The molecule has 1 aliphatic rings. The van der Waals surface area contributed by atoms with Crippen molar-refractivity contribution in [3.8, 4) is 0 Å². The zero-order chi connectivity index (χ0) is 13.0. The highest BCUT2D eigenvalue weighted by Crippen LogP contribution is 2.24. The Labute approximate surface area is 127 Å². The first-order valence-corrected chi connectivity index (χ1v) is 6.75. The second kappa shape index (κ2) is 7.85. The molecule has 1 fully saturated rings. The molecule has 0 bridgehead atoms. The first-order valence-electron chi connectivity index (χ1n) is 5.96. The van der Waals surface area contributed by atoms with E-state index in [0.717, 1.165) is 23.1 Å². The number of halogens is 2. The van der Waals surface area contributed by atoms with Crippen LogP contribution in [0.1, 0.15) is 18.1 Å². The molecule has 0 saturated carbocycles. The van der Waals surface area contributed by atoms with E-state index in [2.05, 4.69) is 20.8 Å². The number of hydrogen-bond donors (Lipinski definition) is 1. The van der Waals surface area contributed by atoms with Gasteiger partial charge in [-0.15, -0.1) is 12.4 Å². The van der Waals surface area contributed by atoms with Crippen LogP contribution in [0.3, 0.4) is 0 Å². The largest absolute Gasteiger partial charge is 0.481 e. The molecule has 1 aromatic carbocycles. The summed E-state index contributed by atoms with van der Waals surface area (Å²) in [6.45, 7) is 2.79. The minimum atomic E-state index is -0.750. The predicted octanol–water partition coefficient (Wildman–Crippen LogP) is 2.72. The van der Waals surface area contributed by atoms with E-state index in [9.17, 15) is 4.79 Å². The average Bonchev–Trinajstić information content (AvgIpc) is 2.37. The van der Waals surface area contributed by atoms with Gasteiger partial charge in [0.1, 0.15) is 0 Å². The molecule has 0 spiro atoms. The topological polar surface area (TPSA) is 49.8 Å². The summed E-state index contributed by atoms with van der Waals surface area (Å²) < 4.78 is 6.78. The summed E-state index contributed by atoms with van der Waals surface area (Å²) in [6, 6.07) is 8.05. The van der Waals surface area contributed by atoms with Crippen LogP contribution in [-0.4, -0.2) is 42.2 Å². The highest BCUT2D eigenvalue weighted by molar-refractivity contribution is 9.10. The molecule has 0 radical (unpaired) electrons. The lowest BCUT2D eigenvalue weighted by atomic mass is 10.1. The van der Waals surface area contributed by atoms with Crippen LogP contribution in [0.5, 0.6) is 0 Å².